The Hall–Kier alpha value is -3.35. The van der Waals surface area contributed by atoms with Gasteiger partial charge in [-0.2, -0.15) is 0 Å². The molecule has 7 heteroatoms. The maximum absolute atomic E-state index is 12.0. The molecule has 0 atom stereocenters. The van der Waals surface area contributed by atoms with E-state index in [1.54, 1.807) is 30.3 Å². The molecule has 2 amide bonds. The third-order valence-electron chi connectivity index (χ3n) is 3.84. The second-order valence-corrected chi connectivity index (χ2v) is 6.17. The molecule has 0 radical (unpaired) electrons. The van der Waals surface area contributed by atoms with Gasteiger partial charge in [0.05, 0.1) is 6.61 Å². The number of amides is 2. The fourth-order valence-corrected chi connectivity index (χ4v) is 2.46. The predicted molar refractivity (Wildman–Crippen MR) is 105 cm³/mol. The molecular weight excluding hydrogens is 360 g/mol. The average Bonchev–Trinajstić information content (AvgIpc) is 2.67. The van der Waals surface area contributed by atoms with Gasteiger partial charge in [-0.15, -0.1) is 0 Å². The average molecular weight is 384 g/mol. The molecule has 0 aromatic heterocycles. The topological polar surface area (TPSA) is 93.7 Å². The smallest absolute Gasteiger partial charge is 0.325 e. The number of nitrogens with one attached hydrogen (secondary N) is 2. The van der Waals surface area contributed by atoms with E-state index in [-0.39, 0.29) is 6.54 Å². The van der Waals surface area contributed by atoms with Crippen LogP contribution in [-0.4, -0.2) is 37.5 Å². The first kappa shape index (κ1) is 21.0. The van der Waals surface area contributed by atoms with Crippen molar-refractivity contribution >= 4 is 23.5 Å². The molecule has 0 aliphatic rings. The Labute approximate surface area is 164 Å². The van der Waals surface area contributed by atoms with Crippen LogP contribution in [0.15, 0.2) is 42.5 Å². The number of carbonyl (C=O) groups is 3. The van der Waals surface area contributed by atoms with Gasteiger partial charge in [-0.3, -0.25) is 14.4 Å². The van der Waals surface area contributed by atoms with Crippen molar-refractivity contribution in [2.45, 2.75) is 20.8 Å². The van der Waals surface area contributed by atoms with Crippen LogP contribution in [0.4, 0.5) is 5.69 Å². The lowest BCUT2D eigenvalue weighted by Gasteiger charge is -2.10. The molecule has 0 aliphatic carbocycles. The van der Waals surface area contributed by atoms with Crippen molar-refractivity contribution in [3.8, 4) is 5.75 Å². The minimum Gasteiger partial charge on any atom is -0.494 e. The lowest BCUT2D eigenvalue weighted by molar-refractivity contribution is -0.146. The van der Waals surface area contributed by atoms with Gasteiger partial charge in [-0.25, -0.2) is 0 Å². The number of hydrogen-bond donors (Lipinski definition) is 2. The zero-order valence-electron chi connectivity index (χ0n) is 16.2. The summed E-state index contributed by atoms with van der Waals surface area (Å²) in [7, 11) is 0. The summed E-state index contributed by atoms with van der Waals surface area (Å²) in [6.45, 7) is 5.49. The number of esters is 1. The number of rotatable bonds is 8. The number of benzene rings is 2. The van der Waals surface area contributed by atoms with Crippen LogP contribution in [0.3, 0.4) is 0 Å². The van der Waals surface area contributed by atoms with Crippen molar-refractivity contribution in [2.24, 2.45) is 0 Å². The van der Waals surface area contributed by atoms with E-state index in [4.69, 9.17) is 9.47 Å². The predicted octanol–water partition coefficient (Wildman–Crippen LogP) is 2.61. The Morgan fingerprint density at radius 2 is 1.71 bits per heavy atom. The van der Waals surface area contributed by atoms with Crippen molar-refractivity contribution < 1.29 is 23.9 Å². The summed E-state index contributed by atoms with van der Waals surface area (Å²) < 4.78 is 10.2. The van der Waals surface area contributed by atoms with Gasteiger partial charge in [0.25, 0.3) is 11.8 Å². The number of carbonyl (C=O) groups excluding carboxylic acids is 3. The molecule has 0 unspecified atom stereocenters. The van der Waals surface area contributed by atoms with Gasteiger partial charge in [0, 0.05) is 11.3 Å². The van der Waals surface area contributed by atoms with Gasteiger partial charge in [0.2, 0.25) is 0 Å². The van der Waals surface area contributed by atoms with Crippen LogP contribution in [0.5, 0.6) is 5.75 Å². The minimum atomic E-state index is -0.699. The lowest BCUT2D eigenvalue weighted by Crippen LogP contribution is -2.32. The molecule has 0 fully saturated rings. The summed E-state index contributed by atoms with van der Waals surface area (Å²) >= 11 is 0. The van der Waals surface area contributed by atoms with Crippen molar-refractivity contribution in [1.82, 2.24) is 5.32 Å². The molecule has 2 N–H and O–H groups in total. The number of ether oxygens (including phenoxy) is 2. The summed E-state index contributed by atoms with van der Waals surface area (Å²) in [6, 6.07) is 12.2. The van der Waals surface area contributed by atoms with Crippen molar-refractivity contribution in [1.29, 1.82) is 0 Å². The third-order valence-corrected chi connectivity index (χ3v) is 3.84. The quantitative estimate of drug-likeness (QED) is 0.683. The van der Waals surface area contributed by atoms with Crippen LogP contribution >= 0.6 is 0 Å². The molecule has 148 valence electrons. The molecule has 2 rings (SSSR count). The van der Waals surface area contributed by atoms with Crippen LogP contribution in [0.1, 0.15) is 28.4 Å². The molecule has 0 saturated heterocycles. The Bertz CT molecular complexity index is 846. The van der Waals surface area contributed by atoms with Crippen LogP contribution in [0.25, 0.3) is 0 Å². The van der Waals surface area contributed by atoms with E-state index < -0.39 is 24.4 Å². The third kappa shape index (κ3) is 6.42. The van der Waals surface area contributed by atoms with Gasteiger partial charge in [0.15, 0.2) is 6.61 Å². The van der Waals surface area contributed by atoms with Gasteiger partial charge in [0.1, 0.15) is 12.3 Å². The lowest BCUT2D eigenvalue weighted by atomic mass is 10.1. The molecule has 2 aromatic carbocycles. The van der Waals surface area contributed by atoms with Gasteiger partial charge >= 0.3 is 5.97 Å². The highest BCUT2D eigenvalue weighted by molar-refractivity contribution is 5.96. The fraction of sp³-hybridized carbons (Fsp3) is 0.286. The van der Waals surface area contributed by atoms with E-state index in [1.807, 2.05) is 32.9 Å². The monoisotopic (exact) mass is 384 g/mol. The number of aryl methyl sites for hydroxylation is 2. The maximum Gasteiger partial charge on any atom is 0.325 e. The first-order chi connectivity index (χ1) is 13.4. The molecule has 0 saturated carbocycles. The molecule has 0 heterocycles. The summed E-state index contributed by atoms with van der Waals surface area (Å²) in [4.78, 5) is 35.7. The highest BCUT2D eigenvalue weighted by atomic mass is 16.5. The highest BCUT2D eigenvalue weighted by Gasteiger charge is 2.12. The van der Waals surface area contributed by atoms with E-state index in [2.05, 4.69) is 10.6 Å². The zero-order chi connectivity index (χ0) is 20.5. The standard InChI is InChI=1S/C21H24N2O5/c1-4-27-17-8-6-16(7-9-17)21(26)22-12-20(25)28-13-19(24)23-18-10-5-14(2)11-15(18)3/h5-11H,4,12-13H2,1-3H3,(H,22,26)(H,23,24). The Kier molecular flexibility index (Phi) is 7.56. The second-order valence-electron chi connectivity index (χ2n) is 6.17. The fourth-order valence-electron chi connectivity index (χ4n) is 2.46. The van der Waals surface area contributed by atoms with E-state index in [0.29, 0.717) is 23.6 Å². The SMILES string of the molecule is CCOc1ccc(C(=O)NCC(=O)OCC(=O)Nc2ccc(C)cc2C)cc1. The first-order valence-electron chi connectivity index (χ1n) is 8.93. The minimum absolute atomic E-state index is 0.330. The van der Waals surface area contributed by atoms with Crippen LogP contribution < -0.4 is 15.4 Å². The Balaban J connectivity index is 1.74. The first-order valence-corrected chi connectivity index (χ1v) is 8.93. The van der Waals surface area contributed by atoms with Gasteiger partial charge in [-0.1, -0.05) is 17.7 Å². The van der Waals surface area contributed by atoms with Crippen LogP contribution in [0, 0.1) is 13.8 Å². The van der Waals surface area contributed by atoms with E-state index in [1.165, 1.54) is 0 Å². The largest absolute Gasteiger partial charge is 0.494 e. The van der Waals surface area contributed by atoms with Crippen LogP contribution in [-0.2, 0) is 14.3 Å². The summed E-state index contributed by atoms with van der Waals surface area (Å²) in [5.74, 6) is -0.902. The molecule has 0 spiro atoms. The normalized spacial score (nSPS) is 10.1. The molecule has 7 nitrogen and oxygen atoms in total. The molecule has 28 heavy (non-hydrogen) atoms. The summed E-state index contributed by atoms with van der Waals surface area (Å²) in [6.07, 6.45) is 0. The molecule has 0 bridgehead atoms. The molecular formula is C21H24N2O5. The van der Waals surface area contributed by atoms with E-state index in [0.717, 1.165) is 11.1 Å². The van der Waals surface area contributed by atoms with Crippen molar-refractivity contribution in [2.75, 3.05) is 25.1 Å². The molecule has 0 aliphatic heterocycles. The van der Waals surface area contributed by atoms with Gasteiger partial charge in [-0.05, 0) is 56.7 Å². The zero-order valence-corrected chi connectivity index (χ0v) is 16.2. The highest BCUT2D eigenvalue weighted by Crippen LogP contribution is 2.15. The summed E-state index contributed by atoms with van der Waals surface area (Å²) in [5, 5.41) is 5.14. The van der Waals surface area contributed by atoms with E-state index in [9.17, 15) is 14.4 Å². The Morgan fingerprint density at radius 1 is 1.00 bits per heavy atom. The molecule has 2 aromatic rings. The van der Waals surface area contributed by atoms with Crippen molar-refractivity contribution in [3.05, 3.63) is 59.2 Å². The maximum atomic E-state index is 12.0. The van der Waals surface area contributed by atoms with E-state index >= 15 is 0 Å². The Morgan fingerprint density at radius 3 is 2.36 bits per heavy atom. The number of anilines is 1. The summed E-state index contributed by atoms with van der Waals surface area (Å²) in [5.41, 5.74) is 3.06. The number of hydrogen-bond acceptors (Lipinski definition) is 5. The van der Waals surface area contributed by atoms with Crippen LogP contribution in [0.2, 0.25) is 0 Å². The van der Waals surface area contributed by atoms with Crippen molar-refractivity contribution in [3.63, 3.8) is 0 Å². The van der Waals surface area contributed by atoms with Gasteiger partial charge < -0.3 is 20.1 Å². The second kappa shape index (κ2) is 10.1.